The Morgan fingerprint density at radius 2 is 2.05 bits per heavy atom. The average Bonchev–Trinajstić information content (AvgIpc) is 2.45. The summed E-state index contributed by atoms with van der Waals surface area (Å²) >= 11 is 0. The molecule has 2 aromatic rings. The minimum atomic E-state index is -0.427. The number of carbonyl (C=O) groups is 1. The molecule has 0 bridgehead atoms. The fourth-order valence-electron chi connectivity index (χ4n) is 1.99. The van der Waals surface area contributed by atoms with Crippen LogP contribution in [0.2, 0.25) is 0 Å². The van der Waals surface area contributed by atoms with Crippen LogP contribution in [0, 0.1) is 24.1 Å². The van der Waals surface area contributed by atoms with E-state index in [0.29, 0.717) is 22.4 Å². The van der Waals surface area contributed by atoms with Gasteiger partial charge in [-0.05, 0) is 49.7 Å². The van der Waals surface area contributed by atoms with Gasteiger partial charge in [-0.3, -0.25) is 4.79 Å². The summed E-state index contributed by atoms with van der Waals surface area (Å²) in [6.45, 7) is 3.38. The van der Waals surface area contributed by atoms with Crippen molar-refractivity contribution in [3.05, 3.63) is 64.5 Å². The molecular weight excluding hydrogens is 269 g/mol. The molecule has 0 saturated heterocycles. The van der Waals surface area contributed by atoms with E-state index < -0.39 is 5.82 Å². The average molecular weight is 283 g/mol. The maximum Gasteiger partial charge on any atom is 0.163 e. The summed E-state index contributed by atoms with van der Waals surface area (Å²) in [5, 5.41) is 9.01. The van der Waals surface area contributed by atoms with Gasteiger partial charge in [-0.15, -0.1) is 0 Å². The van der Waals surface area contributed by atoms with Crippen molar-refractivity contribution in [3.8, 4) is 11.8 Å². The van der Waals surface area contributed by atoms with Gasteiger partial charge in [0.25, 0.3) is 0 Å². The van der Waals surface area contributed by atoms with Crippen molar-refractivity contribution in [1.29, 1.82) is 5.26 Å². The van der Waals surface area contributed by atoms with Gasteiger partial charge in [-0.1, -0.05) is 6.07 Å². The topological polar surface area (TPSA) is 50.1 Å². The van der Waals surface area contributed by atoms with E-state index in [2.05, 4.69) is 0 Å². The molecule has 0 atom stereocenters. The molecule has 0 N–H and O–H groups in total. The van der Waals surface area contributed by atoms with Crippen LogP contribution in [0.25, 0.3) is 0 Å². The van der Waals surface area contributed by atoms with E-state index in [-0.39, 0.29) is 12.4 Å². The number of ketones is 1. The van der Waals surface area contributed by atoms with Crippen LogP contribution in [0.3, 0.4) is 0 Å². The third-order valence-corrected chi connectivity index (χ3v) is 3.09. The van der Waals surface area contributed by atoms with Crippen molar-refractivity contribution < 1.29 is 13.9 Å². The fraction of sp³-hybridized carbons (Fsp3) is 0.176. The monoisotopic (exact) mass is 283 g/mol. The Morgan fingerprint density at radius 3 is 2.71 bits per heavy atom. The molecule has 0 aromatic heterocycles. The lowest BCUT2D eigenvalue weighted by Crippen LogP contribution is -2.03. The van der Waals surface area contributed by atoms with Crippen molar-refractivity contribution in [2.24, 2.45) is 0 Å². The number of nitriles is 1. The lowest BCUT2D eigenvalue weighted by Gasteiger charge is -2.11. The SMILES string of the molecule is CC(=O)c1ccc(C)cc1OCc1cc(F)ccc1C#N. The standard InChI is InChI=1S/C17H14FNO2/c1-11-3-6-16(12(2)20)17(7-11)21-10-14-8-15(18)5-4-13(14)9-19/h3-8H,10H2,1-2H3. The summed E-state index contributed by atoms with van der Waals surface area (Å²) in [6, 6.07) is 11.2. The lowest BCUT2D eigenvalue weighted by molar-refractivity contribution is 0.101. The number of nitrogens with zero attached hydrogens (tertiary/aromatic N) is 1. The molecule has 3 nitrogen and oxygen atoms in total. The predicted octanol–water partition coefficient (Wildman–Crippen LogP) is 3.79. The molecule has 0 fully saturated rings. The molecule has 0 radical (unpaired) electrons. The second-order valence-corrected chi connectivity index (χ2v) is 4.76. The Bertz CT molecular complexity index is 732. The van der Waals surface area contributed by atoms with E-state index in [4.69, 9.17) is 10.00 Å². The number of ether oxygens (including phenoxy) is 1. The number of benzene rings is 2. The number of halogens is 1. The summed E-state index contributed by atoms with van der Waals surface area (Å²) in [7, 11) is 0. The number of rotatable bonds is 4. The Labute approximate surface area is 122 Å². The number of hydrogen-bond donors (Lipinski definition) is 0. The molecule has 0 heterocycles. The summed E-state index contributed by atoms with van der Waals surface area (Å²) in [4.78, 5) is 11.6. The fourth-order valence-corrected chi connectivity index (χ4v) is 1.99. The highest BCUT2D eigenvalue weighted by Gasteiger charge is 2.10. The first kappa shape index (κ1) is 14.7. The molecule has 0 saturated carbocycles. The summed E-state index contributed by atoms with van der Waals surface area (Å²) in [5.74, 6) is -0.0935. The molecule has 21 heavy (non-hydrogen) atoms. The first-order valence-corrected chi connectivity index (χ1v) is 6.44. The van der Waals surface area contributed by atoms with Crippen molar-refractivity contribution in [2.75, 3.05) is 0 Å². The zero-order valence-corrected chi connectivity index (χ0v) is 11.8. The molecule has 4 heteroatoms. The minimum Gasteiger partial charge on any atom is -0.488 e. The predicted molar refractivity (Wildman–Crippen MR) is 76.6 cm³/mol. The van der Waals surface area contributed by atoms with Crippen LogP contribution in [0.15, 0.2) is 36.4 Å². The Hall–Kier alpha value is -2.67. The maximum absolute atomic E-state index is 13.3. The van der Waals surface area contributed by atoms with Crippen molar-refractivity contribution in [3.63, 3.8) is 0 Å². The quantitative estimate of drug-likeness (QED) is 0.802. The van der Waals surface area contributed by atoms with Crippen LogP contribution in [-0.2, 0) is 6.61 Å². The van der Waals surface area contributed by atoms with Gasteiger partial charge < -0.3 is 4.74 Å². The van der Waals surface area contributed by atoms with E-state index in [1.54, 1.807) is 12.1 Å². The molecule has 0 unspecified atom stereocenters. The van der Waals surface area contributed by atoms with Crippen LogP contribution in [0.4, 0.5) is 4.39 Å². The molecule has 0 aliphatic carbocycles. The smallest absolute Gasteiger partial charge is 0.163 e. The zero-order valence-electron chi connectivity index (χ0n) is 11.8. The summed E-state index contributed by atoms with van der Waals surface area (Å²) in [5.41, 5.74) is 2.23. The van der Waals surface area contributed by atoms with Crippen LogP contribution < -0.4 is 4.74 Å². The van der Waals surface area contributed by atoms with Crippen LogP contribution in [0.1, 0.15) is 34.0 Å². The van der Waals surface area contributed by atoms with E-state index in [9.17, 15) is 9.18 Å². The molecule has 2 aromatic carbocycles. The zero-order chi connectivity index (χ0) is 15.4. The van der Waals surface area contributed by atoms with Gasteiger partial charge in [0.05, 0.1) is 17.2 Å². The highest BCUT2D eigenvalue weighted by atomic mass is 19.1. The van der Waals surface area contributed by atoms with Crippen LogP contribution in [0.5, 0.6) is 5.75 Å². The maximum atomic E-state index is 13.3. The van der Waals surface area contributed by atoms with Gasteiger partial charge in [0.2, 0.25) is 0 Å². The van der Waals surface area contributed by atoms with E-state index in [0.717, 1.165) is 5.56 Å². The van der Waals surface area contributed by atoms with Crippen LogP contribution in [-0.4, -0.2) is 5.78 Å². The second-order valence-electron chi connectivity index (χ2n) is 4.76. The first-order chi connectivity index (χ1) is 10.0. The Morgan fingerprint density at radius 1 is 1.29 bits per heavy atom. The number of aryl methyl sites for hydroxylation is 1. The second kappa shape index (κ2) is 6.19. The van der Waals surface area contributed by atoms with Gasteiger partial charge in [-0.2, -0.15) is 5.26 Å². The Kier molecular flexibility index (Phi) is 4.34. The number of Topliss-reactive ketones (excluding diaryl/α,β-unsaturated/α-hetero) is 1. The number of carbonyl (C=O) groups excluding carboxylic acids is 1. The lowest BCUT2D eigenvalue weighted by atomic mass is 10.1. The van der Waals surface area contributed by atoms with Gasteiger partial charge in [-0.25, -0.2) is 4.39 Å². The largest absolute Gasteiger partial charge is 0.488 e. The highest BCUT2D eigenvalue weighted by Crippen LogP contribution is 2.23. The van der Waals surface area contributed by atoms with E-state index >= 15 is 0 Å². The molecule has 0 spiro atoms. The molecule has 0 amide bonds. The molecule has 106 valence electrons. The van der Waals surface area contributed by atoms with Crippen molar-refractivity contribution in [1.82, 2.24) is 0 Å². The molecule has 2 rings (SSSR count). The summed E-state index contributed by atoms with van der Waals surface area (Å²) < 4.78 is 18.9. The first-order valence-electron chi connectivity index (χ1n) is 6.44. The van der Waals surface area contributed by atoms with Gasteiger partial charge in [0.1, 0.15) is 18.2 Å². The third-order valence-electron chi connectivity index (χ3n) is 3.09. The van der Waals surface area contributed by atoms with E-state index in [1.807, 2.05) is 19.1 Å². The molecular formula is C17H14FNO2. The normalized spacial score (nSPS) is 10.0. The van der Waals surface area contributed by atoms with Gasteiger partial charge >= 0.3 is 0 Å². The molecule has 0 aliphatic heterocycles. The minimum absolute atomic E-state index is 0.0321. The number of hydrogen-bond acceptors (Lipinski definition) is 3. The Balaban J connectivity index is 2.29. The van der Waals surface area contributed by atoms with Gasteiger partial charge in [0, 0.05) is 5.56 Å². The summed E-state index contributed by atoms with van der Waals surface area (Å²) in [6.07, 6.45) is 0. The highest BCUT2D eigenvalue weighted by molar-refractivity contribution is 5.96. The third kappa shape index (κ3) is 3.46. The van der Waals surface area contributed by atoms with Crippen LogP contribution >= 0.6 is 0 Å². The van der Waals surface area contributed by atoms with Crippen molar-refractivity contribution >= 4 is 5.78 Å². The van der Waals surface area contributed by atoms with Crippen molar-refractivity contribution in [2.45, 2.75) is 20.5 Å². The van der Waals surface area contributed by atoms with E-state index in [1.165, 1.54) is 25.1 Å². The molecule has 0 aliphatic rings. The van der Waals surface area contributed by atoms with Gasteiger partial charge in [0.15, 0.2) is 5.78 Å².